The number of hydrogen-bond donors (Lipinski definition) is 1. The van der Waals surface area contributed by atoms with Crippen LogP contribution in [0.5, 0.6) is 11.5 Å². The van der Waals surface area contributed by atoms with Gasteiger partial charge in [0.15, 0.2) is 0 Å². The Morgan fingerprint density at radius 2 is 1.62 bits per heavy atom. The molecule has 0 aliphatic heterocycles. The first-order valence-corrected chi connectivity index (χ1v) is 7.05. The molecule has 0 aliphatic carbocycles. The Hall–Kier alpha value is -1.94. The van der Waals surface area contributed by atoms with E-state index in [1.165, 1.54) is 0 Å². The molecular formula is C17H19F2NO. The maximum Gasteiger partial charge on any atom is 0.133 e. The maximum absolute atomic E-state index is 13.1. The molecule has 0 fully saturated rings. The van der Waals surface area contributed by atoms with Gasteiger partial charge in [0.2, 0.25) is 0 Å². The normalized spacial score (nSPS) is 12.2. The molecule has 1 unspecified atom stereocenters. The highest BCUT2D eigenvalue weighted by Crippen LogP contribution is 2.24. The lowest BCUT2D eigenvalue weighted by Gasteiger charge is -2.14. The molecule has 4 heteroatoms. The third kappa shape index (κ3) is 4.53. The van der Waals surface area contributed by atoms with E-state index in [-0.39, 0.29) is 11.8 Å². The van der Waals surface area contributed by atoms with Gasteiger partial charge in [-0.1, -0.05) is 19.1 Å². The minimum absolute atomic E-state index is 0.150. The number of nitrogens with one attached hydrogen (secondary N) is 1. The molecule has 0 saturated carbocycles. The molecule has 0 radical (unpaired) electrons. The second-order valence-corrected chi connectivity index (χ2v) is 4.95. The van der Waals surface area contributed by atoms with Crippen molar-refractivity contribution in [3.05, 3.63) is 59.7 Å². The molecule has 0 bridgehead atoms. The molecule has 2 nitrogen and oxygen atoms in total. The van der Waals surface area contributed by atoms with Gasteiger partial charge in [-0.25, -0.2) is 8.78 Å². The van der Waals surface area contributed by atoms with E-state index in [0.717, 1.165) is 36.7 Å². The summed E-state index contributed by atoms with van der Waals surface area (Å²) in [4.78, 5) is 0. The van der Waals surface area contributed by atoms with Crippen molar-refractivity contribution >= 4 is 0 Å². The van der Waals surface area contributed by atoms with Crippen molar-refractivity contribution in [2.24, 2.45) is 0 Å². The Labute approximate surface area is 123 Å². The Morgan fingerprint density at radius 3 is 2.19 bits per heavy atom. The van der Waals surface area contributed by atoms with Crippen molar-refractivity contribution in [1.29, 1.82) is 0 Å². The molecule has 0 amide bonds. The van der Waals surface area contributed by atoms with Gasteiger partial charge in [-0.2, -0.15) is 0 Å². The van der Waals surface area contributed by atoms with Crippen LogP contribution in [0.25, 0.3) is 0 Å². The summed E-state index contributed by atoms with van der Waals surface area (Å²) in [6, 6.07) is 10.9. The highest BCUT2D eigenvalue weighted by Gasteiger charge is 2.06. The number of hydrogen-bond acceptors (Lipinski definition) is 2. The second kappa shape index (κ2) is 7.18. The van der Waals surface area contributed by atoms with Crippen LogP contribution in [0.15, 0.2) is 42.5 Å². The minimum atomic E-state index is -0.654. The lowest BCUT2D eigenvalue weighted by atomic mass is 10.1. The zero-order chi connectivity index (χ0) is 15.2. The fraction of sp³-hybridized carbons (Fsp3) is 0.294. The number of ether oxygens (including phenoxy) is 1. The molecule has 2 aromatic carbocycles. The molecule has 0 heterocycles. The molecule has 0 saturated heterocycles. The number of halogens is 2. The zero-order valence-corrected chi connectivity index (χ0v) is 12.2. The van der Waals surface area contributed by atoms with Gasteiger partial charge in [-0.05, 0) is 37.6 Å². The first kappa shape index (κ1) is 15.4. The van der Waals surface area contributed by atoms with Crippen molar-refractivity contribution in [3.63, 3.8) is 0 Å². The average Bonchev–Trinajstić information content (AvgIpc) is 2.44. The molecule has 1 N–H and O–H groups in total. The number of rotatable bonds is 6. The largest absolute Gasteiger partial charge is 0.457 e. The van der Waals surface area contributed by atoms with Crippen molar-refractivity contribution in [2.45, 2.75) is 26.3 Å². The first-order valence-electron chi connectivity index (χ1n) is 7.05. The van der Waals surface area contributed by atoms with E-state index in [2.05, 4.69) is 19.2 Å². The predicted molar refractivity (Wildman–Crippen MR) is 79.6 cm³/mol. The van der Waals surface area contributed by atoms with E-state index in [1.54, 1.807) is 12.1 Å². The van der Waals surface area contributed by atoms with E-state index in [9.17, 15) is 8.78 Å². The van der Waals surface area contributed by atoms with E-state index in [4.69, 9.17) is 4.74 Å². The van der Waals surface area contributed by atoms with E-state index in [1.807, 2.05) is 12.1 Å². The van der Waals surface area contributed by atoms with E-state index >= 15 is 0 Å². The summed E-state index contributed by atoms with van der Waals surface area (Å²) in [5, 5.41) is 3.39. The van der Waals surface area contributed by atoms with Gasteiger partial charge < -0.3 is 10.1 Å². The molecule has 2 rings (SSSR count). The molecule has 1 atom stereocenters. The van der Waals surface area contributed by atoms with Gasteiger partial charge in [-0.3, -0.25) is 0 Å². The van der Waals surface area contributed by atoms with Crippen molar-refractivity contribution < 1.29 is 13.5 Å². The van der Waals surface area contributed by atoms with Crippen LogP contribution in [0.2, 0.25) is 0 Å². The predicted octanol–water partition coefficient (Wildman–Crippen LogP) is 4.82. The molecule has 2 aromatic rings. The van der Waals surface area contributed by atoms with Gasteiger partial charge in [0.05, 0.1) is 0 Å². The average molecular weight is 291 g/mol. The molecule has 0 spiro atoms. The van der Waals surface area contributed by atoms with Crippen LogP contribution in [0.3, 0.4) is 0 Å². The third-order valence-electron chi connectivity index (χ3n) is 3.15. The Kier molecular flexibility index (Phi) is 5.28. The fourth-order valence-electron chi connectivity index (χ4n) is 2.03. The monoisotopic (exact) mass is 291 g/mol. The van der Waals surface area contributed by atoms with Gasteiger partial charge in [-0.15, -0.1) is 0 Å². The van der Waals surface area contributed by atoms with Crippen LogP contribution in [-0.4, -0.2) is 6.54 Å². The summed E-state index contributed by atoms with van der Waals surface area (Å²) >= 11 is 0. The topological polar surface area (TPSA) is 21.3 Å². The summed E-state index contributed by atoms with van der Waals surface area (Å²) < 4.78 is 31.6. The Bertz CT molecular complexity index is 564. The van der Waals surface area contributed by atoms with Gasteiger partial charge >= 0.3 is 0 Å². The van der Waals surface area contributed by atoms with Gasteiger partial charge in [0.1, 0.15) is 23.1 Å². The van der Waals surface area contributed by atoms with E-state index in [0.29, 0.717) is 5.75 Å². The first-order chi connectivity index (χ1) is 10.1. The Morgan fingerprint density at radius 1 is 1.00 bits per heavy atom. The standard InChI is InChI=1S/C17H19F2NO/c1-3-8-20-12(2)13-4-6-16(7-5-13)21-17-10-14(18)9-15(19)11-17/h4-7,9-12,20H,3,8H2,1-2H3. The molecule has 21 heavy (non-hydrogen) atoms. The lowest BCUT2D eigenvalue weighted by molar-refractivity contribution is 0.467. The van der Waals surface area contributed by atoms with Crippen LogP contribution >= 0.6 is 0 Å². The highest BCUT2D eigenvalue weighted by molar-refractivity contribution is 5.34. The van der Waals surface area contributed by atoms with Gasteiger partial charge in [0, 0.05) is 24.2 Å². The molecule has 112 valence electrons. The van der Waals surface area contributed by atoms with Crippen LogP contribution in [0.1, 0.15) is 31.9 Å². The minimum Gasteiger partial charge on any atom is -0.457 e. The Balaban J connectivity index is 2.05. The van der Waals surface area contributed by atoms with Crippen LogP contribution in [0.4, 0.5) is 8.78 Å². The lowest BCUT2D eigenvalue weighted by Crippen LogP contribution is -2.19. The smallest absolute Gasteiger partial charge is 0.133 e. The van der Waals surface area contributed by atoms with Crippen LogP contribution < -0.4 is 10.1 Å². The number of benzene rings is 2. The fourth-order valence-corrected chi connectivity index (χ4v) is 2.03. The summed E-state index contributed by atoms with van der Waals surface area (Å²) in [5.74, 6) is -0.609. The SMILES string of the molecule is CCCNC(C)c1ccc(Oc2cc(F)cc(F)c2)cc1. The highest BCUT2D eigenvalue weighted by atomic mass is 19.1. The van der Waals surface area contributed by atoms with Crippen molar-refractivity contribution in [3.8, 4) is 11.5 Å². The maximum atomic E-state index is 13.1. The quantitative estimate of drug-likeness (QED) is 0.824. The van der Waals surface area contributed by atoms with Crippen molar-refractivity contribution in [2.75, 3.05) is 6.54 Å². The van der Waals surface area contributed by atoms with Crippen molar-refractivity contribution in [1.82, 2.24) is 5.32 Å². The molecule has 0 aliphatic rings. The molecule has 0 aromatic heterocycles. The van der Waals surface area contributed by atoms with Gasteiger partial charge in [0.25, 0.3) is 0 Å². The van der Waals surface area contributed by atoms with Crippen LogP contribution in [0, 0.1) is 11.6 Å². The third-order valence-corrected chi connectivity index (χ3v) is 3.15. The summed E-state index contributed by atoms with van der Waals surface area (Å²) in [7, 11) is 0. The van der Waals surface area contributed by atoms with Crippen LogP contribution in [-0.2, 0) is 0 Å². The summed E-state index contributed by atoms with van der Waals surface area (Å²) in [5.41, 5.74) is 1.14. The van der Waals surface area contributed by atoms with E-state index < -0.39 is 11.6 Å². The molecular weight excluding hydrogens is 272 g/mol. The second-order valence-electron chi connectivity index (χ2n) is 4.95. The summed E-state index contributed by atoms with van der Waals surface area (Å²) in [6.45, 7) is 5.17. The summed E-state index contributed by atoms with van der Waals surface area (Å²) in [6.07, 6.45) is 1.08. The zero-order valence-electron chi connectivity index (χ0n) is 12.2.